The third-order valence-corrected chi connectivity index (χ3v) is 3.42. The van der Waals surface area contributed by atoms with E-state index in [1.807, 2.05) is 6.20 Å². The molecule has 2 aromatic rings. The lowest BCUT2D eigenvalue weighted by Crippen LogP contribution is -2.18. The van der Waals surface area contributed by atoms with Crippen LogP contribution in [0.5, 0.6) is 0 Å². The first kappa shape index (κ1) is 11.8. The van der Waals surface area contributed by atoms with Gasteiger partial charge in [0.25, 0.3) is 0 Å². The summed E-state index contributed by atoms with van der Waals surface area (Å²) in [7, 11) is 0. The van der Waals surface area contributed by atoms with Crippen LogP contribution in [0.15, 0.2) is 36.7 Å². The Hall–Kier alpha value is -2.30. The number of nitrogens with zero attached hydrogens (tertiary/aromatic N) is 2. The van der Waals surface area contributed by atoms with Crippen molar-refractivity contribution in [1.82, 2.24) is 9.78 Å². The molecule has 0 fully saturated rings. The van der Waals surface area contributed by atoms with Crippen LogP contribution in [0.1, 0.15) is 23.6 Å². The molecule has 3 rings (SSSR count). The van der Waals surface area contributed by atoms with E-state index in [0.717, 1.165) is 18.5 Å². The number of aryl methyl sites for hydroxylation is 1. The normalized spacial score (nSPS) is 17.2. The number of hydrogen-bond donors (Lipinski definition) is 2. The Morgan fingerprint density at radius 2 is 2.32 bits per heavy atom. The number of carbonyl (C=O) groups is 1. The van der Waals surface area contributed by atoms with Crippen molar-refractivity contribution in [2.75, 3.05) is 5.32 Å². The Bertz CT molecular complexity index is 605. The van der Waals surface area contributed by atoms with Crippen molar-refractivity contribution in [3.05, 3.63) is 47.8 Å². The Balaban J connectivity index is 1.73. The first-order valence-corrected chi connectivity index (χ1v) is 6.37. The quantitative estimate of drug-likeness (QED) is 0.870. The van der Waals surface area contributed by atoms with Crippen LogP contribution >= 0.6 is 0 Å². The minimum Gasteiger partial charge on any atom is -0.376 e. The number of aromatic nitrogens is 2. The van der Waals surface area contributed by atoms with Crippen LogP contribution in [0, 0.1) is 0 Å². The monoisotopic (exact) mass is 256 g/mol. The second-order valence-electron chi connectivity index (χ2n) is 4.83. The van der Waals surface area contributed by atoms with E-state index in [1.165, 1.54) is 11.1 Å². The zero-order chi connectivity index (χ0) is 13.2. The molecular formula is C14H16N4O. The number of primary amides is 1. The van der Waals surface area contributed by atoms with Crippen LogP contribution in [-0.2, 0) is 17.8 Å². The number of rotatable bonds is 4. The zero-order valence-corrected chi connectivity index (χ0v) is 10.5. The molecule has 1 heterocycles. The van der Waals surface area contributed by atoms with Crippen LogP contribution in [0.25, 0.3) is 0 Å². The highest BCUT2D eigenvalue weighted by molar-refractivity contribution is 5.73. The minimum absolute atomic E-state index is 0.114. The molecule has 1 unspecified atom stereocenters. The summed E-state index contributed by atoms with van der Waals surface area (Å²) < 4.78 is 1.55. The number of amides is 1. The van der Waals surface area contributed by atoms with E-state index in [1.54, 1.807) is 10.9 Å². The van der Waals surface area contributed by atoms with E-state index in [4.69, 9.17) is 5.73 Å². The first-order valence-electron chi connectivity index (χ1n) is 6.37. The van der Waals surface area contributed by atoms with Gasteiger partial charge in [-0.2, -0.15) is 5.10 Å². The summed E-state index contributed by atoms with van der Waals surface area (Å²) in [5.74, 6) is -0.388. The Morgan fingerprint density at radius 3 is 3.16 bits per heavy atom. The Morgan fingerprint density at radius 1 is 1.47 bits per heavy atom. The van der Waals surface area contributed by atoms with Crippen molar-refractivity contribution >= 4 is 11.6 Å². The van der Waals surface area contributed by atoms with Gasteiger partial charge >= 0.3 is 0 Å². The maximum atomic E-state index is 10.8. The number of nitrogens with two attached hydrogens (primary N) is 1. The summed E-state index contributed by atoms with van der Waals surface area (Å²) in [5.41, 5.74) is 8.82. The molecular weight excluding hydrogens is 240 g/mol. The number of hydrogen-bond acceptors (Lipinski definition) is 3. The van der Waals surface area contributed by atoms with E-state index in [9.17, 15) is 4.79 Å². The van der Waals surface area contributed by atoms with Gasteiger partial charge < -0.3 is 11.1 Å². The summed E-state index contributed by atoms with van der Waals surface area (Å²) >= 11 is 0. The SMILES string of the molecule is NC(=O)Cn1cc(NC2CCc3ccccc32)cn1. The lowest BCUT2D eigenvalue weighted by Gasteiger charge is -2.13. The number of nitrogens with one attached hydrogen (secondary N) is 1. The van der Waals surface area contributed by atoms with Gasteiger partial charge in [0.2, 0.25) is 5.91 Å². The molecule has 5 nitrogen and oxygen atoms in total. The summed E-state index contributed by atoms with van der Waals surface area (Å²) in [6.45, 7) is 0.114. The third-order valence-electron chi connectivity index (χ3n) is 3.42. The molecule has 1 atom stereocenters. The van der Waals surface area contributed by atoms with E-state index in [-0.39, 0.29) is 12.5 Å². The molecule has 0 radical (unpaired) electrons. The average Bonchev–Trinajstić information content (AvgIpc) is 2.97. The molecule has 0 aliphatic heterocycles. The van der Waals surface area contributed by atoms with Gasteiger partial charge in [0.05, 0.1) is 17.9 Å². The molecule has 1 aromatic heterocycles. The Labute approximate surface area is 111 Å². The lowest BCUT2D eigenvalue weighted by molar-refractivity contribution is -0.118. The molecule has 98 valence electrons. The average molecular weight is 256 g/mol. The van der Waals surface area contributed by atoms with Gasteiger partial charge in [0.15, 0.2) is 0 Å². The molecule has 1 amide bonds. The topological polar surface area (TPSA) is 72.9 Å². The highest BCUT2D eigenvalue weighted by atomic mass is 16.1. The van der Waals surface area contributed by atoms with Crippen molar-refractivity contribution in [2.45, 2.75) is 25.4 Å². The third kappa shape index (κ3) is 2.45. The number of benzene rings is 1. The van der Waals surface area contributed by atoms with Crippen molar-refractivity contribution in [1.29, 1.82) is 0 Å². The molecule has 3 N–H and O–H groups in total. The van der Waals surface area contributed by atoms with Crippen molar-refractivity contribution in [2.24, 2.45) is 5.73 Å². The van der Waals surface area contributed by atoms with E-state index in [0.29, 0.717) is 6.04 Å². The van der Waals surface area contributed by atoms with Gasteiger partial charge in [0, 0.05) is 6.20 Å². The number of carbonyl (C=O) groups excluding carboxylic acids is 1. The minimum atomic E-state index is -0.388. The van der Waals surface area contributed by atoms with Gasteiger partial charge in [-0.25, -0.2) is 0 Å². The van der Waals surface area contributed by atoms with Gasteiger partial charge in [0.1, 0.15) is 6.54 Å². The maximum absolute atomic E-state index is 10.8. The molecule has 1 aliphatic rings. The maximum Gasteiger partial charge on any atom is 0.239 e. The van der Waals surface area contributed by atoms with E-state index >= 15 is 0 Å². The predicted molar refractivity (Wildman–Crippen MR) is 72.5 cm³/mol. The van der Waals surface area contributed by atoms with Gasteiger partial charge in [-0.3, -0.25) is 9.48 Å². The standard InChI is InChI=1S/C14H16N4O/c15-14(19)9-18-8-11(7-16-18)17-13-6-5-10-3-1-2-4-12(10)13/h1-4,7-8,13,17H,5-6,9H2,(H2,15,19). The molecule has 0 saturated heterocycles. The van der Waals surface area contributed by atoms with E-state index < -0.39 is 0 Å². The van der Waals surface area contributed by atoms with E-state index in [2.05, 4.69) is 34.7 Å². The number of anilines is 1. The zero-order valence-electron chi connectivity index (χ0n) is 10.5. The largest absolute Gasteiger partial charge is 0.376 e. The second kappa shape index (κ2) is 4.76. The summed E-state index contributed by atoms with van der Waals surface area (Å²) in [5, 5.41) is 7.56. The summed E-state index contributed by atoms with van der Waals surface area (Å²) in [4.78, 5) is 10.8. The fourth-order valence-electron chi connectivity index (χ4n) is 2.59. The molecule has 19 heavy (non-hydrogen) atoms. The molecule has 5 heteroatoms. The fraction of sp³-hybridized carbons (Fsp3) is 0.286. The summed E-state index contributed by atoms with van der Waals surface area (Å²) in [6.07, 6.45) is 5.72. The van der Waals surface area contributed by atoms with Crippen molar-refractivity contribution in [3.63, 3.8) is 0 Å². The predicted octanol–water partition coefficient (Wildman–Crippen LogP) is 1.47. The van der Waals surface area contributed by atoms with Crippen molar-refractivity contribution in [3.8, 4) is 0 Å². The fourth-order valence-corrected chi connectivity index (χ4v) is 2.59. The Kier molecular flexibility index (Phi) is 2.95. The molecule has 1 aliphatic carbocycles. The smallest absolute Gasteiger partial charge is 0.239 e. The van der Waals surface area contributed by atoms with Crippen LogP contribution in [0.4, 0.5) is 5.69 Å². The lowest BCUT2D eigenvalue weighted by atomic mass is 10.1. The van der Waals surface area contributed by atoms with Crippen LogP contribution < -0.4 is 11.1 Å². The molecule has 0 spiro atoms. The van der Waals surface area contributed by atoms with Crippen LogP contribution in [0.3, 0.4) is 0 Å². The van der Waals surface area contributed by atoms with Crippen molar-refractivity contribution < 1.29 is 4.79 Å². The highest BCUT2D eigenvalue weighted by Gasteiger charge is 2.21. The first-order chi connectivity index (χ1) is 9.22. The highest BCUT2D eigenvalue weighted by Crippen LogP contribution is 2.33. The second-order valence-corrected chi connectivity index (χ2v) is 4.83. The van der Waals surface area contributed by atoms with Crippen LogP contribution in [-0.4, -0.2) is 15.7 Å². The molecule has 0 bridgehead atoms. The molecule has 0 saturated carbocycles. The summed E-state index contributed by atoms with van der Waals surface area (Å²) in [6, 6.07) is 8.80. The van der Waals surface area contributed by atoms with Gasteiger partial charge in [-0.05, 0) is 24.0 Å². The van der Waals surface area contributed by atoms with Crippen LogP contribution in [0.2, 0.25) is 0 Å². The molecule has 1 aromatic carbocycles. The van der Waals surface area contributed by atoms with Gasteiger partial charge in [-0.1, -0.05) is 24.3 Å². The van der Waals surface area contributed by atoms with Gasteiger partial charge in [-0.15, -0.1) is 0 Å². The number of fused-ring (bicyclic) bond motifs is 1.